The Labute approximate surface area is 149 Å². The number of esters is 2. The molecular formula is C21H26O4. The topological polar surface area (TPSA) is 52.6 Å². The number of rotatable bonds is 5. The number of carbonyl (C=O) groups is 2. The highest BCUT2D eigenvalue weighted by Gasteiger charge is 2.54. The van der Waals surface area contributed by atoms with Crippen LogP contribution in [0.3, 0.4) is 0 Å². The lowest BCUT2D eigenvalue weighted by Crippen LogP contribution is -2.39. The molecule has 0 aliphatic heterocycles. The lowest BCUT2D eigenvalue weighted by Gasteiger charge is -2.23. The summed E-state index contributed by atoms with van der Waals surface area (Å²) in [5.41, 5.74) is 2.93. The predicted molar refractivity (Wildman–Crippen MR) is 97.8 cm³/mol. The molecular weight excluding hydrogens is 316 g/mol. The van der Waals surface area contributed by atoms with Gasteiger partial charge in [0.1, 0.15) is 0 Å². The van der Waals surface area contributed by atoms with Crippen molar-refractivity contribution in [3.63, 3.8) is 0 Å². The zero-order valence-electron chi connectivity index (χ0n) is 15.4. The quantitative estimate of drug-likeness (QED) is 0.593. The van der Waals surface area contributed by atoms with Crippen molar-refractivity contribution in [3.8, 4) is 0 Å². The Morgan fingerprint density at radius 1 is 1.00 bits per heavy atom. The molecule has 1 aromatic carbocycles. The molecule has 25 heavy (non-hydrogen) atoms. The lowest BCUT2D eigenvalue weighted by atomic mass is 9.85. The predicted octanol–water partition coefficient (Wildman–Crippen LogP) is 4.23. The van der Waals surface area contributed by atoms with E-state index in [1.54, 1.807) is 13.8 Å². The third-order valence-corrected chi connectivity index (χ3v) is 4.50. The van der Waals surface area contributed by atoms with Crippen molar-refractivity contribution in [3.05, 3.63) is 52.6 Å². The minimum Gasteiger partial charge on any atom is -0.465 e. The van der Waals surface area contributed by atoms with Crippen molar-refractivity contribution in [2.24, 2.45) is 5.41 Å². The molecule has 0 amide bonds. The molecule has 4 nitrogen and oxygen atoms in total. The van der Waals surface area contributed by atoms with Crippen LogP contribution in [0.2, 0.25) is 0 Å². The summed E-state index contributed by atoms with van der Waals surface area (Å²) in [6.07, 6.45) is 4.62. The fourth-order valence-corrected chi connectivity index (χ4v) is 3.15. The van der Waals surface area contributed by atoms with Gasteiger partial charge in [-0.25, -0.2) is 0 Å². The van der Waals surface area contributed by atoms with E-state index in [0.717, 1.165) is 16.7 Å². The molecule has 1 aromatic rings. The summed E-state index contributed by atoms with van der Waals surface area (Å²) < 4.78 is 10.4. The van der Waals surface area contributed by atoms with Gasteiger partial charge in [0.15, 0.2) is 5.41 Å². The second-order valence-electron chi connectivity index (χ2n) is 6.27. The van der Waals surface area contributed by atoms with Gasteiger partial charge in [-0.1, -0.05) is 42.0 Å². The standard InChI is InChI=1S/C21H26O4/c1-5-17-13-21(19(22)24-6-2,20(23)25-7-3)14-18(17)12-16-10-8-15(4)9-11-16/h5,8-12H,6-7,13-14H2,1-4H3/b17-5+,18-12-. The van der Waals surface area contributed by atoms with Gasteiger partial charge in [-0.3, -0.25) is 9.59 Å². The van der Waals surface area contributed by atoms with E-state index >= 15 is 0 Å². The first-order valence-electron chi connectivity index (χ1n) is 8.74. The van der Waals surface area contributed by atoms with Gasteiger partial charge < -0.3 is 9.47 Å². The number of benzene rings is 1. The fraction of sp³-hybridized carbons (Fsp3) is 0.429. The molecule has 0 bridgehead atoms. The van der Waals surface area contributed by atoms with E-state index in [-0.39, 0.29) is 13.2 Å². The Morgan fingerprint density at radius 3 is 2.00 bits per heavy atom. The normalized spacial score (nSPS) is 19.2. The molecule has 0 saturated heterocycles. The van der Waals surface area contributed by atoms with Crippen LogP contribution in [0, 0.1) is 12.3 Å². The van der Waals surface area contributed by atoms with Gasteiger partial charge >= 0.3 is 11.9 Å². The van der Waals surface area contributed by atoms with E-state index in [2.05, 4.69) is 0 Å². The molecule has 1 saturated carbocycles. The smallest absolute Gasteiger partial charge is 0.324 e. The van der Waals surface area contributed by atoms with E-state index in [1.165, 1.54) is 5.56 Å². The number of hydrogen-bond acceptors (Lipinski definition) is 4. The summed E-state index contributed by atoms with van der Waals surface area (Å²) in [5, 5.41) is 0. The van der Waals surface area contributed by atoms with Crippen LogP contribution in [0.15, 0.2) is 41.5 Å². The summed E-state index contributed by atoms with van der Waals surface area (Å²) >= 11 is 0. The third-order valence-electron chi connectivity index (χ3n) is 4.50. The molecule has 0 unspecified atom stereocenters. The molecule has 0 atom stereocenters. The molecule has 134 valence electrons. The van der Waals surface area contributed by atoms with Gasteiger partial charge in [0.05, 0.1) is 13.2 Å². The largest absolute Gasteiger partial charge is 0.465 e. The van der Waals surface area contributed by atoms with Crippen molar-refractivity contribution in [2.45, 2.75) is 40.5 Å². The van der Waals surface area contributed by atoms with Crippen LogP contribution < -0.4 is 0 Å². The summed E-state index contributed by atoms with van der Waals surface area (Å²) in [6.45, 7) is 7.92. The summed E-state index contributed by atoms with van der Waals surface area (Å²) in [7, 11) is 0. The van der Waals surface area contributed by atoms with Gasteiger partial charge in [0.25, 0.3) is 0 Å². The molecule has 0 N–H and O–H groups in total. The van der Waals surface area contributed by atoms with Gasteiger partial charge in [-0.2, -0.15) is 0 Å². The summed E-state index contributed by atoms with van der Waals surface area (Å²) in [4.78, 5) is 25.2. The highest BCUT2D eigenvalue weighted by molar-refractivity contribution is 6.02. The highest BCUT2D eigenvalue weighted by Crippen LogP contribution is 2.47. The first kappa shape index (κ1) is 19.0. The van der Waals surface area contributed by atoms with Crippen LogP contribution in [0.4, 0.5) is 0 Å². The van der Waals surface area contributed by atoms with Crippen molar-refractivity contribution < 1.29 is 19.1 Å². The van der Waals surface area contributed by atoms with Gasteiger partial charge in [0, 0.05) is 0 Å². The zero-order valence-corrected chi connectivity index (χ0v) is 15.4. The van der Waals surface area contributed by atoms with E-state index in [4.69, 9.17) is 9.47 Å². The average Bonchev–Trinajstić information content (AvgIpc) is 2.97. The zero-order chi connectivity index (χ0) is 18.4. The van der Waals surface area contributed by atoms with Crippen LogP contribution in [0.25, 0.3) is 6.08 Å². The maximum atomic E-state index is 12.6. The maximum absolute atomic E-state index is 12.6. The first-order chi connectivity index (χ1) is 12.0. The SMILES string of the molecule is C/C=C1\CC(C(=O)OCC)(C(=O)OCC)C\C1=C\c1ccc(C)cc1. The Balaban J connectivity index is 2.42. The Morgan fingerprint density at radius 2 is 1.52 bits per heavy atom. The van der Waals surface area contributed by atoms with Gasteiger partial charge in [0.2, 0.25) is 0 Å². The Hall–Kier alpha value is -2.36. The monoisotopic (exact) mass is 342 g/mol. The maximum Gasteiger partial charge on any atom is 0.324 e. The number of carbonyl (C=O) groups excluding carboxylic acids is 2. The molecule has 0 aromatic heterocycles. The van der Waals surface area contributed by atoms with Crippen LogP contribution >= 0.6 is 0 Å². The van der Waals surface area contributed by atoms with Crippen molar-refractivity contribution in [2.75, 3.05) is 13.2 Å². The Bertz CT molecular complexity index is 677. The second kappa shape index (κ2) is 8.15. The lowest BCUT2D eigenvalue weighted by molar-refractivity contribution is -0.171. The molecule has 1 fully saturated rings. The summed E-state index contributed by atoms with van der Waals surface area (Å²) in [6, 6.07) is 8.15. The van der Waals surface area contributed by atoms with E-state index in [1.807, 2.05) is 50.3 Å². The molecule has 4 heteroatoms. The summed E-state index contributed by atoms with van der Waals surface area (Å²) in [5.74, 6) is -1.000. The van der Waals surface area contributed by atoms with E-state index < -0.39 is 17.4 Å². The van der Waals surface area contributed by atoms with Crippen LogP contribution in [-0.2, 0) is 19.1 Å². The Kier molecular flexibility index (Phi) is 6.18. The van der Waals surface area contributed by atoms with Crippen LogP contribution in [0.1, 0.15) is 44.7 Å². The molecule has 1 aliphatic carbocycles. The number of allylic oxidation sites excluding steroid dienone is 3. The molecule has 1 aliphatic rings. The number of hydrogen-bond donors (Lipinski definition) is 0. The van der Waals surface area contributed by atoms with Crippen molar-refractivity contribution in [1.29, 1.82) is 0 Å². The minimum absolute atomic E-state index is 0.238. The molecule has 2 rings (SSSR count). The second-order valence-corrected chi connectivity index (χ2v) is 6.27. The van der Waals surface area contributed by atoms with Gasteiger partial charge in [-0.05, 0) is 57.2 Å². The number of ether oxygens (including phenoxy) is 2. The van der Waals surface area contributed by atoms with Crippen molar-refractivity contribution >= 4 is 18.0 Å². The minimum atomic E-state index is -1.27. The fourth-order valence-electron chi connectivity index (χ4n) is 3.15. The molecule has 0 spiro atoms. The van der Waals surface area contributed by atoms with E-state index in [9.17, 15) is 9.59 Å². The first-order valence-corrected chi connectivity index (χ1v) is 8.74. The van der Waals surface area contributed by atoms with Crippen LogP contribution in [-0.4, -0.2) is 25.2 Å². The van der Waals surface area contributed by atoms with Gasteiger partial charge in [-0.15, -0.1) is 0 Å². The third kappa shape index (κ3) is 4.01. The molecule has 0 radical (unpaired) electrons. The molecule has 0 heterocycles. The van der Waals surface area contributed by atoms with Crippen molar-refractivity contribution in [1.82, 2.24) is 0 Å². The van der Waals surface area contributed by atoms with E-state index in [0.29, 0.717) is 12.8 Å². The average molecular weight is 342 g/mol. The number of aryl methyl sites for hydroxylation is 1. The highest BCUT2D eigenvalue weighted by atomic mass is 16.6. The van der Waals surface area contributed by atoms with Crippen LogP contribution in [0.5, 0.6) is 0 Å².